The molecule has 1 aliphatic rings. The van der Waals surface area contributed by atoms with Crippen LogP contribution in [0.2, 0.25) is 0 Å². The van der Waals surface area contributed by atoms with Gasteiger partial charge in [0.25, 0.3) is 0 Å². The quantitative estimate of drug-likeness (QED) is 0.754. The van der Waals surface area contributed by atoms with Crippen molar-refractivity contribution in [1.29, 1.82) is 0 Å². The fourth-order valence-electron chi connectivity index (χ4n) is 2.02. The lowest BCUT2D eigenvalue weighted by Gasteiger charge is -1.97. The highest BCUT2D eigenvalue weighted by molar-refractivity contribution is 5.80. The number of H-pyrrole nitrogens is 1. The average Bonchev–Trinajstić information content (AvgIpc) is 2.99. The summed E-state index contributed by atoms with van der Waals surface area (Å²) in [7, 11) is 0. The second-order valence-electron chi connectivity index (χ2n) is 3.90. The lowest BCUT2D eigenvalue weighted by molar-refractivity contribution is 0.976. The highest BCUT2D eigenvalue weighted by Crippen LogP contribution is 2.42. The van der Waals surface area contributed by atoms with Crippen molar-refractivity contribution in [2.24, 2.45) is 5.73 Å². The molecule has 0 spiro atoms. The molecule has 0 amide bonds. The number of fused-ring (bicyclic) bond motifs is 1. The van der Waals surface area contributed by atoms with Crippen LogP contribution < -0.4 is 5.73 Å². The van der Waals surface area contributed by atoms with Crippen LogP contribution in [-0.2, 0) is 6.54 Å². The molecule has 0 saturated heterocycles. The molecule has 1 fully saturated rings. The third-order valence-electron chi connectivity index (χ3n) is 2.88. The van der Waals surface area contributed by atoms with Gasteiger partial charge in [0.1, 0.15) is 0 Å². The fraction of sp³-hybridized carbons (Fsp3) is 0.364. The van der Waals surface area contributed by atoms with E-state index in [1.165, 1.54) is 24.1 Å². The number of aromatic nitrogens is 2. The Morgan fingerprint density at radius 3 is 3.07 bits per heavy atom. The average molecular weight is 187 g/mol. The highest BCUT2D eigenvalue weighted by atomic mass is 14.8. The van der Waals surface area contributed by atoms with E-state index in [1.807, 2.05) is 12.3 Å². The van der Waals surface area contributed by atoms with Crippen molar-refractivity contribution in [1.82, 2.24) is 9.97 Å². The molecule has 3 rings (SSSR count). The zero-order valence-electron chi connectivity index (χ0n) is 7.96. The van der Waals surface area contributed by atoms with E-state index in [0.29, 0.717) is 12.5 Å². The van der Waals surface area contributed by atoms with E-state index in [9.17, 15) is 0 Å². The molecule has 2 aromatic heterocycles. The van der Waals surface area contributed by atoms with Gasteiger partial charge in [0, 0.05) is 24.0 Å². The van der Waals surface area contributed by atoms with Crippen LogP contribution in [0.25, 0.3) is 11.0 Å². The van der Waals surface area contributed by atoms with Crippen molar-refractivity contribution in [3.63, 3.8) is 0 Å². The van der Waals surface area contributed by atoms with Crippen LogP contribution in [-0.4, -0.2) is 9.97 Å². The number of nitrogens with two attached hydrogens (primary N) is 1. The first-order valence-corrected chi connectivity index (χ1v) is 5.05. The van der Waals surface area contributed by atoms with Gasteiger partial charge in [-0.05, 0) is 30.9 Å². The molecular weight excluding hydrogens is 174 g/mol. The van der Waals surface area contributed by atoms with Gasteiger partial charge in [0.2, 0.25) is 0 Å². The maximum atomic E-state index is 5.77. The molecule has 1 aliphatic carbocycles. The highest BCUT2D eigenvalue weighted by Gasteiger charge is 2.28. The zero-order valence-corrected chi connectivity index (χ0v) is 7.96. The molecule has 0 unspecified atom stereocenters. The van der Waals surface area contributed by atoms with Gasteiger partial charge in [0.05, 0.1) is 11.0 Å². The van der Waals surface area contributed by atoms with Gasteiger partial charge in [-0.3, -0.25) is 4.98 Å². The van der Waals surface area contributed by atoms with Crippen LogP contribution >= 0.6 is 0 Å². The molecule has 2 heterocycles. The molecule has 1 saturated carbocycles. The number of pyridine rings is 1. The third kappa shape index (κ3) is 1.06. The molecule has 0 aromatic carbocycles. The first-order chi connectivity index (χ1) is 6.90. The van der Waals surface area contributed by atoms with Crippen molar-refractivity contribution in [2.45, 2.75) is 25.3 Å². The minimum absolute atomic E-state index is 0.586. The maximum absolute atomic E-state index is 5.77. The summed E-state index contributed by atoms with van der Waals surface area (Å²) in [6, 6.07) is 4.02. The minimum Gasteiger partial charge on any atom is -0.357 e. The summed E-state index contributed by atoms with van der Waals surface area (Å²) in [6.07, 6.45) is 4.41. The Hall–Kier alpha value is -1.35. The van der Waals surface area contributed by atoms with E-state index in [1.54, 1.807) is 0 Å². The molecule has 2 aromatic rings. The Kier molecular flexibility index (Phi) is 1.61. The van der Waals surface area contributed by atoms with E-state index >= 15 is 0 Å². The summed E-state index contributed by atoms with van der Waals surface area (Å²) in [4.78, 5) is 7.81. The molecule has 14 heavy (non-hydrogen) atoms. The first kappa shape index (κ1) is 8.00. The Morgan fingerprint density at radius 1 is 1.50 bits per heavy atom. The van der Waals surface area contributed by atoms with E-state index in [-0.39, 0.29) is 0 Å². The second kappa shape index (κ2) is 2.82. The summed E-state index contributed by atoms with van der Waals surface area (Å²) >= 11 is 0. The predicted octanol–water partition coefficient (Wildman–Crippen LogP) is 1.90. The summed E-state index contributed by atoms with van der Waals surface area (Å²) in [6.45, 7) is 0.586. The third-order valence-corrected chi connectivity index (χ3v) is 2.88. The normalized spacial score (nSPS) is 16.4. The summed E-state index contributed by atoms with van der Waals surface area (Å²) in [5.41, 5.74) is 10.5. The number of aromatic amines is 1. The van der Waals surface area contributed by atoms with Crippen molar-refractivity contribution in [2.75, 3.05) is 0 Å². The standard InChI is InChI=1S/C11H13N3/c12-6-8-10(7-3-4-7)14-9-2-1-5-13-11(8)9/h1-2,5,7,14H,3-4,6,12H2. The van der Waals surface area contributed by atoms with Crippen LogP contribution in [0, 0.1) is 0 Å². The molecule has 0 aliphatic heterocycles. The van der Waals surface area contributed by atoms with Crippen molar-refractivity contribution >= 4 is 11.0 Å². The molecule has 3 nitrogen and oxygen atoms in total. The first-order valence-electron chi connectivity index (χ1n) is 5.05. The van der Waals surface area contributed by atoms with Gasteiger partial charge in [-0.25, -0.2) is 0 Å². The number of rotatable bonds is 2. The lowest BCUT2D eigenvalue weighted by atomic mass is 10.1. The van der Waals surface area contributed by atoms with Gasteiger partial charge in [-0.1, -0.05) is 0 Å². The second-order valence-corrected chi connectivity index (χ2v) is 3.90. The largest absolute Gasteiger partial charge is 0.357 e. The Labute approximate surface area is 82.3 Å². The smallest absolute Gasteiger partial charge is 0.0926 e. The number of hydrogen-bond acceptors (Lipinski definition) is 2. The summed E-state index contributed by atoms with van der Waals surface area (Å²) < 4.78 is 0. The van der Waals surface area contributed by atoms with E-state index in [2.05, 4.69) is 16.0 Å². The van der Waals surface area contributed by atoms with Crippen molar-refractivity contribution in [3.05, 3.63) is 29.6 Å². The Balaban J connectivity index is 2.28. The van der Waals surface area contributed by atoms with Gasteiger partial charge >= 0.3 is 0 Å². The summed E-state index contributed by atoms with van der Waals surface area (Å²) in [5, 5.41) is 0. The van der Waals surface area contributed by atoms with Gasteiger partial charge in [-0.15, -0.1) is 0 Å². The fourth-order valence-corrected chi connectivity index (χ4v) is 2.02. The topological polar surface area (TPSA) is 54.7 Å². The molecule has 0 radical (unpaired) electrons. The van der Waals surface area contributed by atoms with E-state index < -0.39 is 0 Å². The SMILES string of the molecule is NCc1c(C2CC2)[nH]c2cccnc12. The number of nitrogens with one attached hydrogen (secondary N) is 1. The van der Waals surface area contributed by atoms with Gasteiger partial charge in [-0.2, -0.15) is 0 Å². The number of nitrogens with zero attached hydrogens (tertiary/aromatic N) is 1. The van der Waals surface area contributed by atoms with Crippen LogP contribution in [0.1, 0.15) is 30.0 Å². The number of hydrogen-bond donors (Lipinski definition) is 2. The van der Waals surface area contributed by atoms with E-state index in [4.69, 9.17) is 5.73 Å². The molecule has 0 atom stereocenters. The van der Waals surface area contributed by atoms with Crippen LogP contribution in [0.4, 0.5) is 0 Å². The van der Waals surface area contributed by atoms with Gasteiger partial charge < -0.3 is 10.7 Å². The minimum atomic E-state index is 0.586. The van der Waals surface area contributed by atoms with Crippen LogP contribution in [0.5, 0.6) is 0 Å². The molecule has 0 bridgehead atoms. The summed E-state index contributed by atoms with van der Waals surface area (Å²) in [5.74, 6) is 0.711. The molecule has 3 heteroatoms. The molecule has 3 N–H and O–H groups in total. The monoisotopic (exact) mass is 187 g/mol. The van der Waals surface area contributed by atoms with E-state index in [0.717, 1.165) is 11.0 Å². The van der Waals surface area contributed by atoms with Crippen molar-refractivity contribution < 1.29 is 0 Å². The lowest BCUT2D eigenvalue weighted by Crippen LogP contribution is -1.99. The van der Waals surface area contributed by atoms with Crippen LogP contribution in [0.3, 0.4) is 0 Å². The molecular formula is C11H13N3. The maximum Gasteiger partial charge on any atom is 0.0926 e. The van der Waals surface area contributed by atoms with Gasteiger partial charge in [0.15, 0.2) is 0 Å². The predicted molar refractivity (Wildman–Crippen MR) is 56.0 cm³/mol. The Morgan fingerprint density at radius 2 is 2.36 bits per heavy atom. The van der Waals surface area contributed by atoms with Crippen LogP contribution in [0.15, 0.2) is 18.3 Å². The molecule has 72 valence electrons. The van der Waals surface area contributed by atoms with Crippen molar-refractivity contribution in [3.8, 4) is 0 Å². The Bertz CT molecular complexity index is 468. The zero-order chi connectivity index (χ0) is 9.54.